The second kappa shape index (κ2) is 6.44. The van der Waals surface area contributed by atoms with Crippen LogP contribution in [0, 0.1) is 12.3 Å². The summed E-state index contributed by atoms with van der Waals surface area (Å²) in [4.78, 5) is 15.6. The molecule has 0 bridgehead atoms. The molecule has 4 heteroatoms. The van der Waals surface area contributed by atoms with Gasteiger partial charge in [-0.3, -0.25) is 9.69 Å². The number of rotatable bonds is 5. The van der Waals surface area contributed by atoms with Crippen molar-refractivity contribution >= 4 is 5.91 Å². The van der Waals surface area contributed by atoms with Crippen LogP contribution in [-0.2, 0) is 4.79 Å². The fraction of sp³-hybridized carbons (Fsp3) is 0.727. The van der Waals surface area contributed by atoms with Gasteiger partial charge in [0, 0.05) is 26.2 Å². The van der Waals surface area contributed by atoms with E-state index in [-0.39, 0.29) is 5.91 Å². The summed E-state index contributed by atoms with van der Waals surface area (Å²) in [6, 6.07) is 0. The zero-order valence-corrected chi connectivity index (χ0v) is 9.11. The summed E-state index contributed by atoms with van der Waals surface area (Å²) in [7, 11) is 0. The SMILES string of the molecule is C#CCN(CCN)CC(=O)N1CCCC1. The van der Waals surface area contributed by atoms with Crippen molar-refractivity contribution < 1.29 is 4.79 Å². The average molecular weight is 209 g/mol. The van der Waals surface area contributed by atoms with Crippen molar-refractivity contribution in [1.82, 2.24) is 9.80 Å². The van der Waals surface area contributed by atoms with E-state index in [2.05, 4.69) is 5.92 Å². The maximum Gasteiger partial charge on any atom is 0.236 e. The minimum Gasteiger partial charge on any atom is -0.342 e. The van der Waals surface area contributed by atoms with Crippen LogP contribution in [0.15, 0.2) is 0 Å². The van der Waals surface area contributed by atoms with Gasteiger partial charge in [-0.1, -0.05) is 5.92 Å². The smallest absolute Gasteiger partial charge is 0.236 e. The molecule has 1 saturated heterocycles. The van der Waals surface area contributed by atoms with Gasteiger partial charge in [-0.25, -0.2) is 0 Å². The predicted octanol–water partition coefficient (Wildman–Crippen LogP) is -0.497. The normalized spacial score (nSPS) is 15.7. The number of terminal acetylenes is 1. The second-order valence-electron chi connectivity index (χ2n) is 3.79. The molecule has 1 aliphatic rings. The molecule has 1 aliphatic heterocycles. The van der Waals surface area contributed by atoms with Crippen LogP contribution in [-0.4, -0.2) is 55.0 Å². The van der Waals surface area contributed by atoms with Gasteiger partial charge >= 0.3 is 0 Å². The van der Waals surface area contributed by atoms with Crippen LogP contribution in [0.25, 0.3) is 0 Å². The van der Waals surface area contributed by atoms with Crippen molar-refractivity contribution in [3.63, 3.8) is 0 Å². The molecular formula is C11H19N3O. The number of likely N-dealkylation sites (tertiary alicyclic amines) is 1. The largest absolute Gasteiger partial charge is 0.342 e. The molecule has 0 atom stereocenters. The minimum atomic E-state index is 0.177. The van der Waals surface area contributed by atoms with Gasteiger partial charge in [-0.05, 0) is 12.8 Å². The van der Waals surface area contributed by atoms with Crippen molar-refractivity contribution in [2.75, 3.05) is 39.3 Å². The van der Waals surface area contributed by atoms with Crippen molar-refractivity contribution in [3.05, 3.63) is 0 Å². The molecule has 0 spiro atoms. The topological polar surface area (TPSA) is 49.6 Å². The monoisotopic (exact) mass is 209 g/mol. The zero-order chi connectivity index (χ0) is 11.1. The van der Waals surface area contributed by atoms with Gasteiger partial charge < -0.3 is 10.6 Å². The molecule has 0 unspecified atom stereocenters. The Morgan fingerprint density at radius 1 is 1.47 bits per heavy atom. The molecule has 0 aromatic carbocycles. The third-order valence-electron chi connectivity index (χ3n) is 2.58. The Labute approximate surface area is 91.4 Å². The molecule has 1 rings (SSSR count). The number of hydrogen-bond donors (Lipinski definition) is 1. The van der Waals surface area contributed by atoms with Gasteiger partial charge in [0.1, 0.15) is 0 Å². The molecule has 1 fully saturated rings. The van der Waals surface area contributed by atoms with E-state index in [0.29, 0.717) is 26.2 Å². The van der Waals surface area contributed by atoms with Gasteiger partial charge in [0.25, 0.3) is 0 Å². The van der Waals surface area contributed by atoms with Crippen molar-refractivity contribution in [2.24, 2.45) is 5.73 Å². The first kappa shape index (κ1) is 12.0. The summed E-state index contributed by atoms with van der Waals surface area (Å²) < 4.78 is 0. The molecule has 4 nitrogen and oxygen atoms in total. The predicted molar refractivity (Wildman–Crippen MR) is 60.1 cm³/mol. The highest BCUT2D eigenvalue weighted by atomic mass is 16.2. The third kappa shape index (κ3) is 3.90. The van der Waals surface area contributed by atoms with E-state index >= 15 is 0 Å². The number of carbonyl (C=O) groups is 1. The minimum absolute atomic E-state index is 0.177. The lowest BCUT2D eigenvalue weighted by molar-refractivity contribution is -0.131. The number of nitrogens with two attached hydrogens (primary N) is 1. The van der Waals surface area contributed by atoms with Crippen LogP contribution in [0.4, 0.5) is 0 Å². The fourth-order valence-electron chi connectivity index (χ4n) is 1.78. The molecule has 0 saturated carbocycles. The van der Waals surface area contributed by atoms with Gasteiger partial charge in [0.15, 0.2) is 0 Å². The van der Waals surface area contributed by atoms with E-state index in [1.165, 1.54) is 0 Å². The summed E-state index contributed by atoms with van der Waals surface area (Å²) in [6.45, 7) is 3.91. The first-order valence-electron chi connectivity index (χ1n) is 5.41. The van der Waals surface area contributed by atoms with Crippen LogP contribution >= 0.6 is 0 Å². The van der Waals surface area contributed by atoms with E-state index in [4.69, 9.17) is 12.2 Å². The summed E-state index contributed by atoms with van der Waals surface area (Å²) in [6.07, 6.45) is 7.48. The lowest BCUT2D eigenvalue weighted by Gasteiger charge is -2.22. The molecule has 84 valence electrons. The van der Waals surface area contributed by atoms with Crippen LogP contribution in [0.3, 0.4) is 0 Å². The Kier molecular flexibility index (Phi) is 5.16. The number of carbonyl (C=O) groups excluding carboxylic acids is 1. The Morgan fingerprint density at radius 2 is 2.13 bits per heavy atom. The van der Waals surface area contributed by atoms with Gasteiger partial charge in [0.05, 0.1) is 13.1 Å². The average Bonchev–Trinajstić information content (AvgIpc) is 2.71. The van der Waals surface area contributed by atoms with Crippen LogP contribution in [0.2, 0.25) is 0 Å². The van der Waals surface area contributed by atoms with Gasteiger partial charge in [0.2, 0.25) is 5.91 Å². The first-order valence-corrected chi connectivity index (χ1v) is 5.41. The van der Waals surface area contributed by atoms with Crippen molar-refractivity contribution in [1.29, 1.82) is 0 Å². The van der Waals surface area contributed by atoms with E-state index in [1.54, 1.807) is 0 Å². The van der Waals surface area contributed by atoms with Gasteiger partial charge in [-0.15, -0.1) is 6.42 Å². The molecule has 15 heavy (non-hydrogen) atoms. The Hall–Kier alpha value is -1.05. The molecule has 0 aliphatic carbocycles. The Bertz CT molecular complexity index is 241. The fourth-order valence-corrected chi connectivity index (χ4v) is 1.78. The standard InChI is InChI=1S/C11H19N3O/c1-2-6-13(9-5-12)10-11(15)14-7-3-4-8-14/h1H,3-10,12H2. The van der Waals surface area contributed by atoms with E-state index in [1.807, 2.05) is 9.80 Å². The molecule has 1 amide bonds. The molecule has 1 heterocycles. The molecule has 0 aromatic heterocycles. The molecule has 0 aromatic rings. The van der Waals surface area contributed by atoms with Crippen LogP contribution in [0.5, 0.6) is 0 Å². The van der Waals surface area contributed by atoms with E-state index in [0.717, 1.165) is 25.9 Å². The van der Waals surface area contributed by atoms with E-state index < -0.39 is 0 Å². The van der Waals surface area contributed by atoms with Crippen molar-refractivity contribution in [3.8, 4) is 12.3 Å². The highest BCUT2D eigenvalue weighted by molar-refractivity contribution is 5.78. The Morgan fingerprint density at radius 3 is 2.67 bits per heavy atom. The lowest BCUT2D eigenvalue weighted by Crippen LogP contribution is -2.41. The molecule has 0 radical (unpaired) electrons. The number of nitrogens with zero attached hydrogens (tertiary/aromatic N) is 2. The highest BCUT2D eigenvalue weighted by Crippen LogP contribution is 2.07. The second-order valence-corrected chi connectivity index (χ2v) is 3.79. The summed E-state index contributed by atoms with van der Waals surface area (Å²) in [5, 5.41) is 0. The van der Waals surface area contributed by atoms with E-state index in [9.17, 15) is 4.79 Å². The first-order chi connectivity index (χ1) is 7.27. The number of hydrogen-bond acceptors (Lipinski definition) is 3. The zero-order valence-electron chi connectivity index (χ0n) is 9.11. The number of amides is 1. The highest BCUT2D eigenvalue weighted by Gasteiger charge is 2.19. The maximum absolute atomic E-state index is 11.8. The summed E-state index contributed by atoms with van der Waals surface area (Å²) in [5.74, 6) is 2.73. The third-order valence-corrected chi connectivity index (χ3v) is 2.58. The van der Waals surface area contributed by atoms with Crippen molar-refractivity contribution in [2.45, 2.75) is 12.8 Å². The summed E-state index contributed by atoms with van der Waals surface area (Å²) in [5.41, 5.74) is 5.45. The molecular weight excluding hydrogens is 190 g/mol. The van der Waals surface area contributed by atoms with Gasteiger partial charge in [-0.2, -0.15) is 0 Å². The lowest BCUT2D eigenvalue weighted by atomic mass is 10.4. The van der Waals surface area contributed by atoms with Crippen LogP contribution < -0.4 is 5.73 Å². The Balaban J connectivity index is 2.35. The summed E-state index contributed by atoms with van der Waals surface area (Å²) >= 11 is 0. The molecule has 2 N–H and O–H groups in total. The maximum atomic E-state index is 11.8. The van der Waals surface area contributed by atoms with Crippen LogP contribution in [0.1, 0.15) is 12.8 Å². The quantitative estimate of drug-likeness (QED) is 0.621.